The number of hydrogen-bond acceptors (Lipinski definition) is 3. The van der Waals surface area contributed by atoms with Crippen LogP contribution in [0.5, 0.6) is 0 Å². The molecule has 2 aromatic carbocycles. The van der Waals surface area contributed by atoms with Gasteiger partial charge in [0.1, 0.15) is 12.7 Å². The zero-order valence-corrected chi connectivity index (χ0v) is 12.6. The van der Waals surface area contributed by atoms with Gasteiger partial charge in [-0.2, -0.15) is 0 Å². The van der Waals surface area contributed by atoms with Crippen molar-refractivity contribution in [3.8, 4) is 11.8 Å². The van der Waals surface area contributed by atoms with Crippen molar-refractivity contribution >= 4 is 11.8 Å². The first-order valence-electron chi connectivity index (χ1n) is 7.48. The van der Waals surface area contributed by atoms with Gasteiger partial charge in [-0.1, -0.05) is 48.2 Å². The Hall–Kier alpha value is -2.77. The van der Waals surface area contributed by atoms with E-state index in [1.54, 1.807) is 4.90 Å². The van der Waals surface area contributed by atoms with Crippen molar-refractivity contribution in [2.24, 2.45) is 0 Å². The van der Waals surface area contributed by atoms with E-state index in [-0.39, 0.29) is 12.2 Å². The van der Waals surface area contributed by atoms with E-state index >= 15 is 0 Å². The number of amides is 1. The number of benzene rings is 2. The molecule has 3 rings (SSSR count). The topological polar surface area (TPSA) is 38.8 Å². The minimum absolute atomic E-state index is 0.263. The van der Waals surface area contributed by atoms with Crippen LogP contribution in [0.3, 0.4) is 0 Å². The van der Waals surface area contributed by atoms with Gasteiger partial charge >= 0.3 is 6.09 Å². The smallest absolute Gasteiger partial charge is 0.414 e. The van der Waals surface area contributed by atoms with Gasteiger partial charge in [-0.25, -0.2) is 4.79 Å². The lowest BCUT2D eigenvalue weighted by molar-refractivity contribution is 0.0598. The van der Waals surface area contributed by atoms with Crippen LogP contribution < -0.4 is 4.90 Å². The van der Waals surface area contributed by atoms with Crippen molar-refractivity contribution < 1.29 is 14.3 Å². The highest BCUT2D eigenvalue weighted by molar-refractivity contribution is 5.89. The highest BCUT2D eigenvalue weighted by atomic mass is 16.6. The van der Waals surface area contributed by atoms with E-state index < -0.39 is 0 Å². The molecule has 116 valence electrons. The van der Waals surface area contributed by atoms with E-state index in [1.165, 1.54) is 0 Å². The van der Waals surface area contributed by atoms with E-state index in [1.807, 2.05) is 60.7 Å². The summed E-state index contributed by atoms with van der Waals surface area (Å²) in [6.07, 6.45) is -0.596. The third-order valence-corrected chi connectivity index (χ3v) is 3.43. The summed E-state index contributed by atoms with van der Waals surface area (Å²) < 4.78 is 10.8. The molecule has 1 heterocycles. The van der Waals surface area contributed by atoms with Crippen LogP contribution in [0.2, 0.25) is 0 Å². The second-order valence-corrected chi connectivity index (χ2v) is 5.13. The molecule has 0 aromatic heterocycles. The van der Waals surface area contributed by atoms with Gasteiger partial charge in [0.2, 0.25) is 0 Å². The van der Waals surface area contributed by atoms with Crippen LogP contribution in [0.15, 0.2) is 60.7 Å². The maximum Gasteiger partial charge on any atom is 0.414 e. The summed E-state index contributed by atoms with van der Waals surface area (Å²) in [5.74, 6) is 5.97. The van der Waals surface area contributed by atoms with Crippen LogP contribution >= 0.6 is 0 Å². The number of para-hydroxylation sites is 1. The van der Waals surface area contributed by atoms with E-state index in [2.05, 4.69) is 11.8 Å². The van der Waals surface area contributed by atoms with Gasteiger partial charge in [-0.3, -0.25) is 4.90 Å². The number of nitrogens with zero attached hydrogens (tertiary/aromatic N) is 1. The molecule has 1 aliphatic rings. The fourth-order valence-corrected chi connectivity index (χ4v) is 2.33. The molecule has 1 fully saturated rings. The van der Waals surface area contributed by atoms with Gasteiger partial charge < -0.3 is 9.47 Å². The van der Waals surface area contributed by atoms with E-state index in [4.69, 9.17) is 9.47 Å². The third kappa shape index (κ3) is 4.12. The standard InChI is InChI=1S/C19H17NO3/c21-19-20(17-11-5-2-6-12-17)14-18(23-19)15-22-13-7-10-16-8-3-1-4-9-16/h1-6,8-9,11-12,18H,13-15H2/t18-/m1/s1. The molecule has 0 bridgehead atoms. The highest BCUT2D eigenvalue weighted by Crippen LogP contribution is 2.21. The average Bonchev–Trinajstić information content (AvgIpc) is 2.97. The first kappa shape index (κ1) is 15.1. The number of rotatable bonds is 4. The molecule has 4 heteroatoms. The van der Waals surface area contributed by atoms with Crippen LogP contribution in [0.25, 0.3) is 0 Å². The van der Waals surface area contributed by atoms with Gasteiger partial charge in [0.15, 0.2) is 0 Å². The number of carbonyl (C=O) groups excluding carboxylic acids is 1. The Morgan fingerprint density at radius 2 is 1.78 bits per heavy atom. The van der Waals surface area contributed by atoms with Crippen molar-refractivity contribution in [2.75, 3.05) is 24.7 Å². The van der Waals surface area contributed by atoms with Crippen LogP contribution in [-0.2, 0) is 9.47 Å². The second kappa shape index (κ2) is 7.48. The third-order valence-electron chi connectivity index (χ3n) is 3.43. The van der Waals surface area contributed by atoms with E-state index in [0.717, 1.165) is 11.3 Å². The number of hydrogen-bond donors (Lipinski definition) is 0. The van der Waals surface area contributed by atoms with E-state index in [9.17, 15) is 4.79 Å². The zero-order chi connectivity index (χ0) is 15.9. The summed E-state index contributed by atoms with van der Waals surface area (Å²) >= 11 is 0. The largest absolute Gasteiger partial charge is 0.441 e. The lowest BCUT2D eigenvalue weighted by Crippen LogP contribution is -2.25. The van der Waals surface area contributed by atoms with Crippen LogP contribution in [-0.4, -0.2) is 32.0 Å². The van der Waals surface area contributed by atoms with Gasteiger partial charge in [0.05, 0.1) is 13.2 Å². The molecule has 23 heavy (non-hydrogen) atoms. The molecule has 0 unspecified atom stereocenters. The predicted octanol–water partition coefficient (Wildman–Crippen LogP) is 3.08. The Morgan fingerprint density at radius 1 is 1.09 bits per heavy atom. The lowest BCUT2D eigenvalue weighted by Gasteiger charge is -2.12. The Bertz CT molecular complexity index is 704. The molecule has 0 saturated carbocycles. The molecule has 1 saturated heterocycles. The van der Waals surface area contributed by atoms with Crippen molar-refractivity contribution in [3.05, 3.63) is 66.2 Å². The molecule has 2 aromatic rings. The Labute approximate surface area is 135 Å². The average molecular weight is 307 g/mol. The van der Waals surface area contributed by atoms with Crippen LogP contribution in [0, 0.1) is 11.8 Å². The summed E-state index contributed by atoms with van der Waals surface area (Å²) in [5, 5.41) is 0. The summed E-state index contributed by atoms with van der Waals surface area (Å²) in [6.45, 7) is 1.15. The maximum absolute atomic E-state index is 11.9. The quantitative estimate of drug-likeness (QED) is 0.643. The Kier molecular flexibility index (Phi) is 4.92. The summed E-state index contributed by atoms with van der Waals surface area (Å²) in [5.41, 5.74) is 1.79. The van der Waals surface area contributed by atoms with Crippen molar-refractivity contribution in [1.29, 1.82) is 0 Å². The second-order valence-electron chi connectivity index (χ2n) is 5.13. The van der Waals surface area contributed by atoms with Gasteiger partial charge in [-0.15, -0.1) is 0 Å². The number of cyclic esters (lactones) is 1. The van der Waals surface area contributed by atoms with Crippen LogP contribution in [0.1, 0.15) is 5.56 Å². The maximum atomic E-state index is 11.9. The van der Waals surface area contributed by atoms with Crippen LogP contribution in [0.4, 0.5) is 10.5 Å². The molecule has 0 aliphatic carbocycles. The highest BCUT2D eigenvalue weighted by Gasteiger charge is 2.32. The predicted molar refractivity (Wildman–Crippen MR) is 88.2 cm³/mol. The minimum atomic E-state index is -0.333. The molecular weight excluding hydrogens is 290 g/mol. The first-order valence-corrected chi connectivity index (χ1v) is 7.48. The summed E-state index contributed by atoms with van der Waals surface area (Å²) in [7, 11) is 0. The van der Waals surface area contributed by atoms with Crippen molar-refractivity contribution in [1.82, 2.24) is 0 Å². The lowest BCUT2D eigenvalue weighted by atomic mass is 10.2. The molecule has 0 N–H and O–H groups in total. The Balaban J connectivity index is 1.45. The Morgan fingerprint density at radius 3 is 2.52 bits per heavy atom. The van der Waals surface area contributed by atoms with Gasteiger partial charge in [0, 0.05) is 11.3 Å². The molecular formula is C19H17NO3. The van der Waals surface area contributed by atoms with Gasteiger partial charge in [-0.05, 0) is 24.3 Å². The summed E-state index contributed by atoms with van der Waals surface area (Å²) in [6, 6.07) is 19.2. The monoisotopic (exact) mass is 307 g/mol. The number of carbonyl (C=O) groups is 1. The molecule has 0 radical (unpaired) electrons. The fourth-order valence-electron chi connectivity index (χ4n) is 2.33. The number of ether oxygens (including phenoxy) is 2. The fraction of sp³-hybridized carbons (Fsp3) is 0.211. The minimum Gasteiger partial charge on any atom is -0.441 e. The number of anilines is 1. The van der Waals surface area contributed by atoms with Crippen molar-refractivity contribution in [2.45, 2.75) is 6.10 Å². The van der Waals surface area contributed by atoms with Gasteiger partial charge in [0.25, 0.3) is 0 Å². The SMILES string of the molecule is O=C1O[C@@H](COCC#Cc2ccccc2)CN1c1ccccc1. The molecule has 1 aliphatic heterocycles. The normalized spacial score (nSPS) is 16.6. The first-order chi connectivity index (χ1) is 11.3. The molecule has 4 nitrogen and oxygen atoms in total. The van der Waals surface area contributed by atoms with E-state index in [0.29, 0.717) is 19.8 Å². The zero-order valence-electron chi connectivity index (χ0n) is 12.6. The summed E-state index contributed by atoms with van der Waals surface area (Å²) in [4.78, 5) is 13.5. The van der Waals surface area contributed by atoms with Crippen molar-refractivity contribution in [3.63, 3.8) is 0 Å². The molecule has 0 spiro atoms. The molecule has 1 amide bonds. The molecule has 1 atom stereocenters.